The number of carbonyl (C=O) groups is 2. The van der Waals surface area contributed by atoms with Crippen LogP contribution in [0.2, 0.25) is 0 Å². The third-order valence-corrected chi connectivity index (χ3v) is 9.72. The molecule has 0 saturated carbocycles. The third-order valence-electron chi connectivity index (χ3n) is 7.33. The van der Waals surface area contributed by atoms with Crippen LogP contribution >= 0.6 is 15.9 Å². The molecule has 0 radical (unpaired) electrons. The van der Waals surface area contributed by atoms with Crippen LogP contribution in [0.1, 0.15) is 30.0 Å². The SMILES string of the molecule is CCCNC(=O)[C@@H](Cc1ccccc1)N(Cc1ccccc1)C(=O)CN(c1ccc(C)cc1)S(=O)(=O)c1ccc(OC)c(Br)c1. The van der Waals surface area contributed by atoms with Gasteiger partial charge in [0.15, 0.2) is 0 Å². The average molecular weight is 693 g/mol. The maximum Gasteiger partial charge on any atom is 0.264 e. The predicted molar refractivity (Wildman–Crippen MR) is 181 cm³/mol. The van der Waals surface area contributed by atoms with Crippen molar-refractivity contribution in [2.24, 2.45) is 0 Å². The molecular weight excluding hydrogens is 654 g/mol. The van der Waals surface area contributed by atoms with Crippen LogP contribution in [0, 0.1) is 6.92 Å². The second-order valence-corrected chi connectivity index (χ2v) is 13.4. The van der Waals surface area contributed by atoms with Crippen LogP contribution in [-0.2, 0) is 32.6 Å². The largest absolute Gasteiger partial charge is 0.496 e. The predicted octanol–water partition coefficient (Wildman–Crippen LogP) is 6.13. The fourth-order valence-electron chi connectivity index (χ4n) is 4.87. The van der Waals surface area contributed by atoms with Gasteiger partial charge >= 0.3 is 0 Å². The summed E-state index contributed by atoms with van der Waals surface area (Å²) >= 11 is 3.39. The van der Waals surface area contributed by atoms with E-state index in [1.807, 2.05) is 74.5 Å². The molecule has 0 saturated heterocycles. The molecule has 4 rings (SSSR count). The number of hydrogen-bond donors (Lipinski definition) is 1. The van der Waals surface area contributed by atoms with E-state index in [2.05, 4.69) is 21.2 Å². The van der Waals surface area contributed by atoms with E-state index in [0.29, 0.717) is 22.5 Å². The van der Waals surface area contributed by atoms with Crippen molar-refractivity contribution in [2.75, 3.05) is 24.5 Å². The molecule has 2 amide bonds. The zero-order valence-corrected chi connectivity index (χ0v) is 28.1. The molecule has 1 atom stereocenters. The monoisotopic (exact) mass is 691 g/mol. The van der Waals surface area contributed by atoms with E-state index < -0.39 is 28.5 Å². The summed E-state index contributed by atoms with van der Waals surface area (Å²) in [5.41, 5.74) is 2.97. The first kappa shape index (κ1) is 33.7. The summed E-state index contributed by atoms with van der Waals surface area (Å²) < 4.78 is 35.3. The van der Waals surface area contributed by atoms with Crippen LogP contribution in [0.5, 0.6) is 5.75 Å². The fraction of sp³-hybridized carbons (Fsp3) is 0.257. The lowest BCUT2D eigenvalue weighted by atomic mass is 10.0. The van der Waals surface area contributed by atoms with Crippen molar-refractivity contribution in [3.8, 4) is 5.75 Å². The van der Waals surface area contributed by atoms with Crippen molar-refractivity contribution in [3.63, 3.8) is 0 Å². The van der Waals surface area contributed by atoms with Gasteiger partial charge in [0, 0.05) is 19.5 Å². The number of anilines is 1. The highest BCUT2D eigenvalue weighted by atomic mass is 79.9. The molecular formula is C35H38BrN3O5S. The maximum atomic E-state index is 14.5. The minimum atomic E-state index is -4.24. The van der Waals surface area contributed by atoms with Crippen LogP contribution in [0.25, 0.3) is 0 Å². The van der Waals surface area contributed by atoms with Gasteiger partial charge in [-0.1, -0.05) is 85.3 Å². The molecule has 1 N–H and O–H groups in total. The number of aryl methyl sites for hydroxylation is 1. The average Bonchev–Trinajstić information content (AvgIpc) is 3.05. The first-order valence-electron chi connectivity index (χ1n) is 14.7. The first-order valence-corrected chi connectivity index (χ1v) is 16.9. The van der Waals surface area contributed by atoms with Crippen molar-refractivity contribution >= 4 is 43.5 Å². The van der Waals surface area contributed by atoms with Gasteiger partial charge in [0.25, 0.3) is 10.0 Å². The Balaban J connectivity index is 1.79. The quantitative estimate of drug-likeness (QED) is 0.172. The zero-order valence-electron chi connectivity index (χ0n) is 25.6. The molecule has 0 aliphatic rings. The standard InChI is InChI=1S/C35H38BrN3O5S/c1-4-21-37-35(41)32(22-27-11-7-5-8-12-27)38(24-28-13-9-6-10-14-28)34(40)25-39(29-17-15-26(2)16-18-29)45(42,43)30-19-20-33(44-3)31(36)23-30/h5-20,23,32H,4,21-22,24-25H2,1-3H3,(H,37,41)/t32-/m1/s1. The van der Waals surface area contributed by atoms with E-state index in [-0.39, 0.29) is 23.8 Å². The number of methoxy groups -OCH3 is 1. The Kier molecular flexibility index (Phi) is 11.8. The molecule has 4 aromatic rings. The van der Waals surface area contributed by atoms with Gasteiger partial charge in [-0.25, -0.2) is 8.42 Å². The van der Waals surface area contributed by atoms with Gasteiger partial charge in [-0.15, -0.1) is 0 Å². The summed E-state index contributed by atoms with van der Waals surface area (Å²) in [5, 5.41) is 2.96. The summed E-state index contributed by atoms with van der Waals surface area (Å²) in [6.07, 6.45) is 0.991. The van der Waals surface area contributed by atoms with Crippen LogP contribution in [0.15, 0.2) is 112 Å². The number of hydrogen-bond acceptors (Lipinski definition) is 5. The second-order valence-electron chi connectivity index (χ2n) is 10.6. The number of carbonyl (C=O) groups excluding carboxylic acids is 2. The number of nitrogens with zero attached hydrogens (tertiary/aromatic N) is 2. The Morgan fingerprint density at radius 3 is 2.09 bits per heavy atom. The summed E-state index contributed by atoms with van der Waals surface area (Å²) in [4.78, 5) is 29.6. The smallest absolute Gasteiger partial charge is 0.264 e. The summed E-state index contributed by atoms with van der Waals surface area (Å²) in [5.74, 6) is -0.334. The molecule has 0 aliphatic heterocycles. The van der Waals surface area contributed by atoms with E-state index in [4.69, 9.17) is 4.74 Å². The Hall–Kier alpha value is -4.15. The van der Waals surface area contributed by atoms with Gasteiger partial charge in [-0.3, -0.25) is 13.9 Å². The first-order chi connectivity index (χ1) is 21.6. The summed E-state index contributed by atoms with van der Waals surface area (Å²) in [6.45, 7) is 3.91. The zero-order chi connectivity index (χ0) is 32.4. The minimum absolute atomic E-state index is 0.0142. The van der Waals surface area contributed by atoms with Gasteiger partial charge < -0.3 is 15.0 Å². The van der Waals surface area contributed by atoms with Crippen LogP contribution in [-0.4, -0.2) is 51.4 Å². The van der Waals surface area contributed by atoms with E-state index in [0.717, 1.165) is 27.4 Å². The molecule has 0 bridgehead atoms. The number of amides is 2. The number of halogens is 1. The molecule has 0 aliphatic carbocycles. The molecule has 4 aromatic carbocycles. The Morgan fingerprint density at radius 1 is 0.889 bits per heavy atom. The van der Waals surface area contributed by atoms with Crippen molar-refractivity contribution in [1.82, 2.24) is 10.2 Å². The molecule has 0 fully saturated rings. The molecule has 8 nitrogen and oxygen atoms in total. The van der Waals surface area contributed by atoms with E-state index in [1.165, 1.54) is 24.1 Å². The number of sulfonamides is 1. The van der Waals surface area contributed by atoms with Crippen LogP contribution in [0.4, 0.5) is 5.69 Å². The number of nitrogens with one attached hydrogen (secondary N) is 1. The van der Waals surface area contributed by atoms with E-state index in [9.17, 15) is 18.0 Å². The maximum absolute atomic E-state index is 14.5. The van der Waals surface area contributed by atoms with E-state index >= 15 is 0 Å². The number of ether oxygens (including phenoxy) is 1. The minimum Gasteiger partial charge on any atom is -0.496 e. The molecule has 0 spiro atoms. The molecule has 45 heavy (non-hydrogen) atoms. The Morgan fingerprint density at radius 2 is 1.51 bits per heavy atom. The van der Waals surface area contributed by atoms with Crippen molar-refractivity contribution in [2.45, 2.75) is 44.2 Å². The van der Waals surface area contributed by atoms with Crippen molar-refractivity contribution in [3.05, 3.63) is 124 Å². The highest BCUT2D eigenvalue weighted by molar-refractivity contribution is 9.10. The van der Waals surface area contributed by atoms with Gasteiger partial charge in [0.1, 0.15) is 18.3 Å². The second kappa shape index (κ2) is 15.7. The molecule has 10 heteroatoms. The highest BCUT2D eigenvalue weighted by Gasteiger charge is 2.34. The number of benzene rings is 4. The molecule has 0 aromatic heterocycles. The van der Waals surface area contributed by atoms with E-state index in [1.54, 1.807) is 30.3 Å². The van der Waals surface area contributed by atoms with Crippen LogP contribution < -0.4 is 14.4 Å². The highest BCUT2D eigenvalue weighted by Crippen LogP contribution is 2.31. The third kappa shape index (κ3) is 8.73. The molecule has 0 heterocycles. The van der Waals surface area contributed by atoms with Gasteiger partial charge in [0.05, 0.1) is 22.2 Å². The summed E-state index contributed by atoms with van der Waals surface area (Å²) in [7, 11) is -2.74. The lowest BCUT2D eigenvalue weighted by Crippen LogP contribution is -2.53. The lowest BCUT2D eigenvalue weighted by Gasteiger charge is -2.34. The summed E-state index contributed by atoms with van der Waals surface area (Å²) in [6, 6.07) is 29.4. The fourth-order valence-corrected chi connectivity index (χ4v) is 7.01. The molecule has 236 valence electrons. The Labute approximate surface area is 274 Å². The molecule has 0 unspecified atom stereocenters. The lowest BCUT2D eigenvalue weighted by molar-refractivity contribution is -0.140. The normalized spacial score (nSPS) is 11.8. The van der Waals surface area contributed by atoms with Gasteiger partial charge in [-0.05, 0) is 70.7 Å². The van der Waals surface area contributed by atoms with Gasteiger partial charge in [-0.2, -0.15) is 0 Å². The number of rotatable bonds is 14. The van der Waals surface area contributed by atoms with Crippen LogP contribution in [0.3, 0.4) is 0 Å². The van der Waals surface area contributed by atoms with Crippen molar-refractivity contribution < 1.29 is 22.7 Å². The Bertz CT molecular complexity index is 1680. The van der Waals surface area contributed by atoms with Gasteiger partial charge in [0.2, 0.25) is 11.8 Å². The topological polar surface area (TPSA) is 96.0 Å². The van der Waals surface area contributed by atoms with Crippen molar-refractivity contribution in [1.29, 1.82) is 0 Å².